The molecule has 2 heterocycles. The number of carbonyl (C=O) groups excluding carboxylic acids is 1. The molecule has 0 radical (unpaired) electrons. The Balaban J connectivity index is 2.08. The first-order valence-electron chi connectivity index (χ1n) is 6.37. The van der Waals surface area contributed by atoms with Crippen LogP contribution in [0.2, 0.25) is 5.02 Å². The highest BCUT2D eigenvalue weighted by molar-refractivity contribution is 6.31. The van der Waals surface area contributed by atoms with E-state index in [1.165, 1.54) is 0 Å². The lowest BCUT2D eigenvalue weighted by Gasteiger charge is -2.09. The Morgan fingerprint density at radius 2 is 2.15 bits per heavy atom. The van der Waals surface area contributed by atoms with Gasteiger partial charge in [-0.15, -0.1) is 0 Å². The molecule has 1 amide bonds. The minimum Gasteiger partial charge on any atom is -0.324 e. The summed E-state index contributed by atoms with van der Waals surface area (Å²) < 4.78 is 1.79. The molecule has 3 rings (SSSR count). The van der Waals surface area contributed by atoms with Crippen molar-refractivity contribution >= 4 is 23.2 Å². The maximum Gasteiger partial charge on any atom is 0.246 e. The number of likely N-dealkylation sites (N-methyl/N-ethyl adjacent to an activating group) is 1. The van der Waals surface area contributed by atoms with Crippen LogP contribution in [-0.4, -0.2) is 22.7 Å². The van der Waals surface area contributed by atoms with E-state index < -0.39 is 0 Å². The zero-order valence-electron chi connectivity index (χ0n) is 11.5. The van der Waals surface area contributed by atoms with E-state index >= 15 is 0 Å². The Morgan fingerprint density at radius 3 is 2.75 bits per heavy atom. The largest absolute Gasteiger partial charge is 0.324 e. The molecule has 0 fully saturated rings. The van der Waals surface area contributed by atoms with Gasteiger partial charge in [-0.3, -0.25) is 4.79 Å². The number of aromatic nitrogens is 2. The quantitative estimate of drug-likeness (QED) is 0.892. The average Bonchev–Trinajstić information content (AvgIpc) is 2.88. The van der Waals surface area contributed by atoms with Crippen molar-refractivity contribution in [3.05, 3.63) is 40.2 Å². The van der Waals surface area contributed by atoms with E-state index in [0.29, 0.717) is 5.02 Å². The Labute approximate surface area is 121 Å². The molecule has 1 aliphatic rings. The molecule has 1 aromatic carbocycles. The number of nitrogens with zero attached hydrogens (tertiary/aromatic N) is 2. The van der Waals surface area contributed by atoms with Crippen molar-refractivity contribution in [2.24, 2.45) is 0 Å². The molecular weight excluding hydrogens is 276 g/mol. The molecule has 0 bridgehead atoms. The highest BCUT2D eigenvalue weighted by Gasteiger charge is 2.29. The molecule has 2 aromatic rings. The van der Waals surface area contributed by atoms with E-state index in [9.17, 15) is 4.79 Å². The van der Waals surface area contributed by atoms with Gasteiger partial charge in [-0.25, -0.2) is 4.68 Å². The molecule has 1 atom stereocenters. The van der Waals surface area contributed by atoms with Gasteiger partial charge in [0, 0.05) is 11.3 Å². The number of hydrogen-bond donors (Lipinski definition) is 2. The number of fused-ring (bicyclic) bond motifs is 1. The lowest BCUT2D eigenvalue weighted by Crippen LogP contribution is -2.23. The SMILES string of the molecule is CNC1C(=O)Nc2cc(-n3nc(C)c(Cl)c3C)ccc21. The molecule has 1 unspecified atom stereocenters. The third-order valence-electron chi connectivity index (χ3n) is 3.60. The summed E-state index contributed by atoms with van der Waals surface area (Å²) in [7, 11) is 1.77. The lowest BCUT2D eigenvalue weighted by molar-refractivity contribution is -0.117. The molecule has 0 spiro atoms. The van der Waals surface area contributed by atoms with Crippen molar-refractivity contribution < 1.29 is 4.79 Å². The summed E-state index contributed by atoms with van der Waals surface area (Å²) >= 11 is 6.17. The van der Waals surface area contributed by atoms with Crippen molar-refractivity contribution in [1.29, 1.82) is 0 Å². The Kier molecular flexibility index (Phi) is 3.03. The van der Waals surface area contributed by atoms with Gasteiger partial charge in [-0.1, -0.05) is 17.7 Å². The monoisotopic (exact) mass is 290 g/mol. The molecular formula is C14H15ClN4O. The van der Waals surface area contributed by atoms with Gasteiger partial charge in [-0.2, -0.15) is 5.10 Å². The second kappa shape index (κ2) is 4.61. The highest BCUT2D eigenvalue weighted by Crippen LogP contribution is 2.33. The van der Waals surface area contributed by atoms with Crippen LogP contribution in [0.4, 0.5) is 5.69 Å². The molecule has 1 aliphatic heterocycles. The van der Waals surface area contributed by atoms with Gasteiger partial charge in [0.05, 0.1) is 22.1 Å². The van der Waals surface area contributed by atoms with E-state index in [1.54, 1.807) is 11.7 Å². The maximum atomic E-state index is 11.8. The standard InChI is InChI=1S/C14H15ClN4O/c1-7-12(15)8(2)19(18-7)9-4-5-10-11(6-9)17-14(20)13(10)16-3/h4-6,13,16H,1-3H3,(H,17,20). The van der Waals surface area contributed by atoms with Crippen molar-refractivity contribution in [1.82, 2.24) is 15.1 Å². The van der Waals surface area contributed by atoms with E-state index in [-0.39, 0.29) is 11.9 Å². The number of anilines is 1. The lowest BCUT2D eigenvalue weighted by atomic mass is 10.1. The van der Waals surface area contributed by atoms with Crippen LogP contribution in [0.3, 0.4) is 0 Å². The number of hydrogen-bond acceptors (Lipinski definition) is 3. The summed E-state index contributed by atoms with van der Waals surface area (Å²) in [6.45, 7) is 3.79. The summed E-state index contributed by atoms with van der Waals surface area (Å²) in [5.74, 6) is -0.0361. The number of aryl methyl sites for hydroxylation is 1. The predicted molar refractivity (Wildman–Crippen MR) is 78.5 cm³/mol. The van der Waals surface area contributed by atoms with Crippen molar-refractivity contribution in [3.8, 4) is 5.69 Å². The van der Waals surface area contributed by atoms with Crippen LogP contribution in [0.15, 0.2) is 18.2 Å². The fourth-order valence-electron chi connectivity index (χ4n) is 2.54. The third kappa shape index (κ3) is 1.82. The Bertz CT molecular complexity index is 707. The summed E-state index contributed by atoms with van der Waals surface area (Å²) in [6.07, 6.45) is 0. The van der Waals surface area contributed by atoms with Gasteiger partial charge in [0.2, 0.25) is 5.91 Å². The summed E-state index contributed by atoms with van der Waals surface area (Å²) in [5, 5.41) is 11.0. The number of nitrogens with one attached hydrogen (secondary N) is 2. The number of rotatable bonds is 2. The van der Waals surface area contributed by atoms with E-state index in [1.807, 2.05) is 32.0 Å². The average molecular weight is 291 g/mol. The number of amides is 1. The summed E-state index contributed by atoms with van der Waals surface area (Å²) in [5.41, 5.74) is 4.33. The van der Waals surface area contributed by atoms with Crippen LogP contribution in [0.5, 0.6) is 0 Å². The van der Waals surface area contributed by atoms with Gasteiger partial charge >= 0.3 is 0 Å². The molecule has 5 nitrogen and oxygen atoms in total. The molecule has 0 aliphatic carbocycles. The number of carbonyl (C=O) groups is 1. The molecule has 0 saturated heterocycles. The van der Waals surface area contributed by atoms with E-state index in [4.69, 9.17) is 11.6 Å². The third-order valence-corrected chi connectivity index (χ3v) is 4.15. The predicted octanol–water partition coefficient (Wildman–Crippen LogP) is 2.36. The fraction of sp³-hybridized carbons (Fsp3) is 0.286. The van der Waals surface area contributed by atoms with Crippen molar-refractivity contribution in [2.45, 2.75) is 19.9 Å². The number of benzene rings is 1. The fourth-order valence-corrected chi connectivity index (χ4v) is 2.66. The van der Waals surface area contributed by atoms with Crippen LogP contribution >= 0.6 is 11.6 Å². The summed E-state index contributed by atoms with van der Waals surface area (Å²) in [6, 6.07) is 5.51. The van der Waals surface area contributed by atoms with Gasteiger partial charge in [-0.05, 0) is 33.0 Å². The highest BCUT2D eigenvalue weighted by atomic mass is 35.5. The molecule has 0 saturated carbocycles. The van der Waals surface area contributed by atoms with Crippen LogP contribution in [0, 0.1) is 13.8 Å². The molecule has 6 heteroatoms. The first-order valence-corrected chi connectivity index (χ1v) is 6.75. The first kappa shape index (κ1) is 13.1. The number of halogens is 1. The Morgan fingerprint density at radius 1 is 1.40 bits per heavy atom. The molecule has 2 N–H and O–H groups in total. The van der Waals surface area contributed by atoms with Crippen molar-refractivity contribution in [2.75, 3.05) is 12.4 Å². The first-order chi connectivity index (χ1) is 9.52. The van der Waals surface area contributed by atoms with Gasteiger partial charge in [0.1, 0.15) is 6.04 Å². The Hall–Kier alpha value is -1.85. The topological polar surface area (TPSA) is 59.0 Å². The van der Waals surface area contributed by atoms with Gasteiger partial charge in [0.15, 0.2) is 0 Å². The summed E-state index contributed by atoms with van der Waals surface area (Å²) in [4.78, 5) is 11.8. The molecule has 104 valence electrons. The van der Waals surface area contributed by atoms with E-state index in [2.05, 4.69) is 15.7 Å². The smallest absolute Gasteiger partial charge is 0.246 e. The van der Waals surface area contributed by atoms with Crippen LogP contribution in [0.1, 0.15) is 23.0 Å². The van der Waals surface area contributed by atoms with Gasteiger partial charge in [0.25, 0.3) is 0 Å². The second-order valence-electron chi connectivity index (χ2n) is 4.88. The molecule has 20 heavy (non-hydrogen) atoms. The van der Waals surface area contributed by atoms with Crippen molar-refractivity contribution in [3.63, 3.8) is 0 Å². The maximum absolute atomic E-state index is 11.8. The van der Waals surface area contributed by atoms with Crippen LogP contribution < -0.4 is 10.6 Å². The van der Waals surface area contributed by atoms with Crippen LogP contribution in [-0.2, 0) is 4.79 Å². The normalized spacial score (nSPS) is 17.2. The second-order valence-corrected chi connectivity index (χ2v) is 5.26. The molecule has 1 aromatic heterocycles. The zero-order valence-corrected chi connectivity index (χ0v) is 12.2. The van der Waals surface area contributed by atoms with E-state index in [0.717, 1.165) is 28.3 Å². The minimum atomic E-state index is -0.289. The minimum absolute atomic E-state index is 0.0361. The zero-order chi connectivity index (χ0) is 14.4. The van der Waals surface area contributed by atoms with Crippen LogP contribution in [0.25, 0.3) is 5.69 Å². The van der Waals surface area contributed by atoms with Gasteiger partial charge < -0.3 is 10.6 Å².